The van der Waals surface area contributed by atoms with E-state index in [0.717, 1.165) is 41.1 Å². The lowest BCUT2D eigenvalue weighted by Gasteiger charge is -2.34. The molecule has 0 heterocycles. The van der Waals surface area contributed by atoms with Gasteiger partial charge in [0, 0.05) is 17.1 Å². The molecule has 41 heavy (non-hydrogen) atoms. The minimum Gasteiger partial charge on any atom is -0.352 e. The minimum atomic E-state index is -4.09. The molecule has 0 saturated heterocycles. The number of nitrogens with one attached hydrogen (secondary N) is 1. The second-order valence-corrected chi connectivity index (χ2v) is 13.3. The zero-order valence-electron chi connectivity index (χ0n) is 23.6. The number of aryl methyl sites for hydroxylation is 1. The van der Waals surface area contributed by atoms with Gasteiger partial charge in [0.25, 0.3) is 10.0 Å². The number of nitrogens with zero attached hydrogens (tertiary/aromatic N) is 2. The third kappa shape index (κ3) is 7.77. The smallest absolute Gasteiger partial charge is 0.264 e. The molecule has 3 aromatic carbocycles. The number of carbonyl (C=O) groups excluding carboxylic acids is 2. The van der Waals surface area contributed by atoms with Gasteiger partial charge in [0.15, 0.2) is 0 Å². The van der Waals surface area contributed by atoms with Gasteiger partial charge in [0.2, 0.25) is 11.8 Å². The highest BCUT2D eigenvalue weighted by Crippen LogP contribution is 2.27. The summed E-state index contributed by atoms with van der Waals surface area (Å²) in [5.74, 6) is -0.639. The van der Waals surface area contributed by atoms with E-state index >= 15 is 0 Å². The van der Waals surface area contributed by atoms with Crippen molar-refractivity contribution in [3.63, 3.8) is 0 Å². The van der Waals surface area contributed by atoms with Crippen molar-refractivity contribution < 1.29 is 18.0 Å². The second-order valence-electron chi connectivity index (χ2n) is 10.5. The summed E-state index contributed by atoms with van der Waals surface area (Å²) in [6.45, 7) is 3.59. The van der Waals surface area contributed by atoms with Crippen molar-refractivity contribution in [3.8, 4) is 0 Å². The molecule has 9 heteroatoms. The summed E-state index contributed by atoms with van der Waals surface area (Å²) in [6.07, 6.45) is 5.58. The van der Waals surface area contributed by atoms with Crippen LogP contribution >= 0.6 is 15.9 Å². The Bertz CT molecular complexity index is 1440. The highest BCUT2D eigenvalue weighted by atomic mass is 79.9. The fraction of sp³-hybridized carbons (Fsp3) is 0.375. The number of halogens is 1. The number of hydrogen-bond donors (Lipinski definition) is 1. The second kappa shape index (κ2) is 14.1. The molecule has 1 atom stereocenters. The number of rotatable bonds is 11. The van der Waals surface area contributed by atoms with Crippen molar-refractivity contribution in [1.29, 1.82) is 0 Å². The standard InChI is InChI=1S/C32H38BrN3O4S/c1-3-30(32(38)34-27-16-6-4-7-17-27)35(22-25-14-11-10-13-24(25)2)31(37)23-36(28-18-12-15-26(33)21-28)41(39,40)29-19-8-5-9-20-29/h5,8-15,18-21,27,30H,3-4,6-7,16-17,22-23H2,1-2H3,(H,34,38). The van der Waals surface area contributed by atoms with E-state index in [9.17, 15) is 18.0 Å². The van der Waals surface area contributed by atoms with Gasteiger partial charge in [0.05, 0.1) is 10.6 Å². The van der Waals surface area contributed by atoms with Crippen LogP contribution in [-0.2, 0) is 26.2 Å². The van der Waals surface area contributed by atoms with E-state index in [0.29, 0.717) is 16.6 Å². The molecular formula is C32H38BrN3O4S. The highest BCUT2D eigenvalue weighted by Gasteiger charge is 2.34. The first kappa shape index (κ1) is 30.8. The van der Waals surface area contributed by atoms with Gasteiger partial charge in [-0.05, 0) is 67.6 Å². The molecule has 0 radical (unpaired) electrons. The summed E-state index contributed by atoms with van der Waals surface area (Å²) in [5, 5.41) is 3.18. The minimum absolute atomic E-state index is 0.0836. The van der Waals surface area contributed by atoms with Crippen LogP contribution in [0.4, 0.5) is 5.69 Å². The Morgan fingerprint density at radius 3 is 2.29 bits per heavy atom. The van der Waals surface area contributed by atoms with Crippen molar-refractivity contribution in [2.45, 2.75) is 75.9 Å². The third-order valence-electron chi connectivity index (χ3n) is 7.65. The molecule has 0 aromatic heterocycles. The Morgan fingerprint density at radius 1 is 0.951 bits per heavy atom. The van der Waals surface area contributed by atoms with Crippen molar-refractivity contribution in [1.82, 2.24) is 10.2 Å². The van der Waals surface area contributed by atoms with E-state index in [1.54, 1.807) is 47.4 Å². The quantitative estimate of drug-likeness (QED) is 0.270. The van der Waals surface area contributed by atoms with Crippen molar-refractivity contribution in [3.05, 3.63) is 94.5 Å². The van der Waals surface area contributed by atoms with Gasteiger partial charge in [-0.2, -0.15) is 0 Å². The molecule has 1 aliphatic rings. The van der Waals surface area contributed by atoms with E-state index in [1.807, 2.05) is 38.1 Å². The number of hydrogen-bond acceptors (Lipinski definition) is 4. The zero-order chi connectivity index (χ0) is 29.4. The van der Waals surface area contributed by atoms with Gasteiger partial charge in [-0.1, -0.05) is 90.6 Å². The molecular weight excluding hydrogens is 602 g/mol. The Kier molecular flexibility index (Phi) is 10.6. The lowest BCUT2D eigenvalue weighted by Crippen LogP contribution is -2.54. The molecule has 1 N–H and O–H groups in total. The van der Waals surface area contributed by atoms with Gasteiger partial charge in [-0.15, -0.1) is 0 Å². The summed E-state index contributed by atoms with van der Waals surface area (Å²) < 4.78 is 29.6. The van der Waals surface area contributed by atoms with Crippen LogP contribution in [0, 0.1) is 6.92 Å². The van der Waals surface area contributed by atoms with Gasteiger partial charge >= 0.3 is 0 Å². The number of anilines is 1. The maximum Gasteiger partial charge on any atom is 0.264 e. The van der Waals surface area contributed by atoms with Crippen molar-refractivity contribution in [2.24, 2.45) is 0 Å². The Hall–Kier alpha value is -3.17. The first-order valence-corrected chi connectivity index (χ1v) is 16.4. The normalized spacial score (nSPS) is 14.7. The Labute approximate surface area is 252 Å². The molecule has 4 rings (SSSR count). The lowest BCUT2D eigenvalue weighted by atomic mass is 9.95. The van der Waals surface area contributed by atoms with Crippen LogP contribution in [0.3, 0.4) is 0 Å². The van der Waals surface area contributed by atoms with Crippen LogP contribution in [0.1, 0.15) is 56.6 Å². The third-order valence-corrected chi connectivity index (χ3v) is 9.93. The van der Waals surface area contributed by atoms with Crippen LogP contribution in [0.5, 0.6) is 0 Å². The summed E-state index contributed by atoms with van der Waals surface area (Å²) in [6, 6.07) is 22.0. The maximum atomic E-state index is 14.2. The van der Waals surface area contributed by atoms with Gasteiger partial charge in [-0.25, -0.2) is 8.42 Å². The monoisotopic (exact) mass is 639 g/mol. The van der Waals surface area contributed by atoms with Crippen LogP contribution in [-0.4, -0.2) is 43.8 Å². The van der Waals surface area contributed by atoms with Gasteiger partial charge in [-0.3, -0.25) is 13.9 Å². The fourth-order valence-electron chi connectivity index (χ4n) is 5.31. The molecule has 0 bridgehead atoms. The van der Waals surface area contributed by atoms with E-state index in [1.165, 1.54) is 18.6 Å². The lowest BCUT2D eigenvalue weighted by molar-refractivity contribution is -0.140. The van der Waals surface area contributed by atoms with E-state index in [2.05, 4.69) is 21.2 Å². The summed E-state index contributed by atoms with van der Waals surface area (Å²) in [7, 11) is -4.09. The predicted octanol–water partition coefficient (Wildman–Crippen LogP) is 6.21. The Morgan fingerprint density at radius 2 is 1.63 bits per heavy atom. The zero-order valence-corrected chi connectivity index (χ0v) is 26.0. The molecule has 0 spiro atoms. The van der Waals surface area contributed by atoms with Gasteiger partial charge < -0.3 is 10.2 Å². The SMILES string of the molecule is CCC(C(=O)NC1CCCCC1)N(Cc1ccccc1C)C(=O)CN(c1cccc(Br)c1)S(=O)(=O)c1ccccc1. The van der Waals surface area contributed by atoms with E-state index in [-0.39, 0.29) is 23.4 Å². The van der Waals surface area contributed by atoms with Gasteiger partial charge in [0.1, 0.15) is 12.6 Å². The molecule has 1 saturated carbocycles. The molecule has 0 aliphatic heterocycles. The first-order chi connectivity index (χ1) is 19.7. The fourth-order valence-corrected chi connectivity index (χ4v) is 7.13. The van der Waals surface area contributed by atoms with E-state index in [4.69, 9.17) is 0 Å². The number of sulfonamides is 1. The average Bonchev–Trinajstić information content (AvgIpc) is 2.97. The van der Waals surface area contributed by atoms with Crippen LogP contribution in [0.25, 0.3) is 0 Å². The van der Waals surface area contributed by atoms with Crippen LogP contribution < -0.4 is 9.62 Å². The van der Waals surface area contributed by atoms with Crippen LogP contribution in [0.15, 0.2) is 88.2 Å². The first-order valence-electron chi connectivity index (χ1n) is 14.2. The summed E-state index contributed by atoms with van der Waals surface area (Å²) in [4.78, 5) is 29.5. The number of benzene rings is 3. The molecule has 1 unspecified atom stereocenters. The summed E-state index contributed by atoms with van der Waals surface area (Å²) in [5.41, 5.74) is 2.26. The Balaban J connectivity index is 1.71. The predicted molar refractivity (Wildman–Crippen MR) is 166 cm³/mol. The molecule has 3 aromatic rings. The van der Waals surface area contributed by atoms with E-state index < -0.39 is 28.5 Å². The molecule has 1 aliphatic carbocycles. The highest BCUT2D eigenvalue weighted by molar-refractivity contribution is 9.10. The van der Waals surface area contributed by atoms with Crippen molar-refractivity contribution >= 4 is 43.5 Å². The average molecular weight is 641 g/mol. The van der Waals surface area contributed by atoms with Crippen molar-refractivity contribution in [2.75, 3.05) is 10.8 Å². The molecule has 1 fully saturated rings. The van der Waals surface area contributed by atoms with Crippen LogP contribution in [0.2, 0.25) is 0 Å². The molecule has 7 nitrogen and oxygen atoms in total. The number of amides is 2. The molecule has 2 amide bonds. The largest absolute Gasteiger partial charge is 0.352 e. The molecule has 218 valence electrons. The topological polar surface area (TPSA) is 86.8 Å². The maximum absolute atomic E-state index is 14.2. The summed E-state index contributed by atoms with van der Waals surface area (Å²) >= 11 is 3.43. The number of carbonyl (C=O) groups is 2.